The highest BCUT2D eigenvalue weighted by Gasteiger charge is 2.07. The second-order valence-electron chi connectivity index (χ2n) is 6.95. The number of nitrogens with one attached hydrogen (secondary N) is 1. The normalized spacial score (nSPS) is 10.6. The van der Waals surface area contributed by atoms with Crippen LogP contribution < -0.4 is 10.1 Å². The zero-order valence-corrected chi connectivity index (χ0v) is 16.7. The molecule has 0 bridgehead atoms. The van der Waals surface area contributed by atoms with Gasteiger partial charge in [0, 0.05) is 24.4 Å². The van der Waals surface area contributed by atoms with E-state index in [1.165, 1.54) is 6.33 Å². The Balaban J connectivity index is 1.34. The molecular weight excluding hydrogens is 378 g/mol. The van der Waals surface area contributed by atoms with E-state index in [4.69, 9.17) is 4.74 Å². The van der Waals surface area contributed by atoms with E-state index in [2.05, 4.69) is 20.4 Å². The fourth-order valence-corrected chi connectivity index (χ4v) is 2.90. The molecule has 0 spiro atoms. The summed E-state index contributed by atoms with van der Waals surface area (Å²) in [7, 11) is 0. The molecule has 1 N–H and O–H groups in total. The van der Waals surface area contributed by atoms with Crippen molar-refractivity contribution in [2.75, 3.05) is 0 Å². The monoisotopic (exact) mass is 399 g/mol. The van der Waals surface area contributed by atoms with Crippen molar-refractivity contribution in [3.63, 3.8) is 0 Å². The first-order chi connectivity index (χ1) is 14.6. The van der Waals surface area contributed by atoms with Crippen LogP contribution in [0.15, 0.2) is 73.4 Å². The predicted octanol–water partition coefficient (Wildman–Crippen LogP) is 4.00. The van der Waals surface area contributed by atoms with E-state index in [-0.39, 0.29) is 5.91 Å². The third-order valence-electron chi connectivity index (χ3n) is 4.62. The second kappa shape index (κ2) is 8.57. The molecule has 0 saturated heterocycles. The van der Waals surface area contributed by atoms with Gasteiger partial charge in [-0.15, -0.1) is 0 Å². The molecule has 0 aliphatic heterocycles. The van der Waals surface area contributed by atoms with Gasteiger partial charge in [-0.2, -0.15) is 5.10 Å². The van der Waals surface area contributed by atoms with Crippen LogP contribution in [-0.2, 0) is 6.54 Å². The van der Waals surface area contributed by atoms with Crippen molar-refractivity contribution in [1.29, 1.82) is 0 Å². The fraction of sp³-hybridized carbons (Fsp3) is 0.130. The number of pyridine rings is 1. The largest absolute Gasteiger partial charge is 0.439 e. The van der Waals surface area contributed by atoms with Crippen LogP contribution >= 0.6 is 0 Å². The summed E-state index contributed by atoms with van der Waals surface area (Å²) in [6.45, 7) is 4.39. The minimum absolute atomic E-state index is 0.157. The van der Waals surface area contributed by atoms with Crippen molar-refractivity contribution in [3.05, 3.63) is 95.7 Å². The van der Waals surface area contributed by atoms with Crippen LogP contribution in [0.5, 0.6) is 11.6 Å². The van der Waals surface area contributed by atoms with Crippen molar-refractivity contribution < 1.29 is 9.53 Å². The predicted molar refractivity (Wildman–Crippen MR) is 113 cm³/mol. The summed E-state index contributed by atoms with van der Waals surface area (Å²) < 4.78 is 7.51. The Morgan fingerprint density at radius 3 is 2.60 bits per heavy atom. The Hall–Kier alpha value is -4.00. The van der Waals surface area contributed by atoms with Crippen molar-refractivity contribution in [2.24, 2.45) is 0 Å². The summed E-state index contributed by atoms with van der Waals surface area (Å²) in [5, 5.41) is 6.97. The molecular formula is C23H21N5O2. The SMILES string of the molecule is Cc1ccc(C)c(Oc2ccc(CNC(=O)c3ccc(-n4cncn4)cc3)cn2)c1. The number of aryl methyl sites for hydroxylation is 2. The van der Waals surface area contributed by atoms with Gasteiger partial charge in [-0.1, -0.05) is 18.2 Å². The fourth-order valence-electron chi connectivity index (χ4n) is 2.90. The van der Waals surface area contributed by atoms with Crippen LogP contribution in [0.3, 0.4) is 0 Å². The van der Waals surface area contributed by atoms with Gasteiger partial charge >= 0.3 is 0 Å². The Kier molecular flexibility index (Phi) is 5.52. The molecule has 0 aliphatic rings. The van der Waals surface area contributed by atoms with Gasteiger partial charge in [-0.05, 0) is 60.9 Å². The maximum absolute atomic E-state index is 12.4. The summed E-state index contributed by atoms with van der Waals surface area (Å²) >= 11 is 0. The number of benzene rings is 2. The number of aromatic nitrogens is 4. The first-order valence-electron chi connectivity index (χ1n) is 9.52. The van der Waals surface area contributed by atoms with E-state index in [9.17, 15) is 4.79 Å². The first-order valence-corrected chi connectivity index (χ1v) is 9.52. The Labute approximate surface area is 174 Å². The third kappa shape index (κ3) is 4.52. The minimum atomic E-state index is -0.157. The van der Waals surface area contributed by atoms with Crippen molar-refractivity contribution in [2.45, 2.75) is 20.4 Å². The zero-order chi connectivity index (χ0) is 20.9. The molecule has 2 aromatic heterocycles. The van der Waals surface area contributed by atoms with Crippen LogP contribution in [0.2, 0.25) is 0 Å². The molecule has 0 aliphatic carbocycles. The smallest absolute Gasteiger partial charge is 0.251 e. The number of ether oxygens (including phenoxy) is 1. The number of carbonyl (C=O) groups is 1. The first kappa shape index (κ1) is 19.3. The molecule has 0 fully saturated rings. The molecule has 150 valence electrons. The third-order valence-corrected chi connectivity index (χ3v) is 4.62. The van der Waals surface area contributed by atoms with Gasteiger partial charge in [-0.3, -0.25) is 4.79 Å². The number of nitrogens with zero attached hydrogens (tertiary/aromatic N) is 4. The highest BCUT2D eigenvalue weighted by atomic mass is 16.5. The average Bonchev–Trinajstić information content (AvgIpc) is 3.31. The Morgan fingerprint density at radius 2 is 1.90 bits per heavy atom. The Morgan fingerprint density at radius 1 is 1.07 bits per heavy atom. The summed E-state index contributed by atoms with van der Waals surface area (Å²) in [4.78, 5) is 20.7. The molecule has 4 aromatic rings. The second-order valence-corrected chi connectivity index (χ2v) is 6.95. The Bertz CT molecular complexity index is 1140. The number of hydrogen-bond acceptors (Lipinski definition) is 5. The van der Waals surface area contributed by atoms with Crippen LogP contribution in [0, 0.1) is 13.8 Å². The van der Waals surface area contributed by atoms with Crippen molar-refractivity contribution in [3.8, 4) is 17.3 Å². The van der Waals surface area contributed by atoms with Gasteiger partial charge in [0.25, 0.3) is 5.91 Å². The zero-order valence-electron chi connectivity index (χ0n) is 16.7. The summed E-state index contributed by atoms with van der Waals surface area (Å²) in [6, 6.07) is 16.9. The van der Waals surface area contributed by atoms with Gasteiger partial charge in [0.2, 0.25) is 5.88 Å². The van der Waals surface area contributed by atoms with Crippen LogP contribution in [-0.4, -0.2) is 25.7 Å². The van der Waals surface area contributed by atoms with E-state index in [1.807, 2.05) is 50.2 Å². The summed E-state index contributed by atoms with van der Waals surface area (Å²) in [5.74, 6) is 1.15. The number of rotatable bonds is 6. The topological polar surface area (TPSA) is 81.9 Å². The van der Waals surface area contributed by atoms with Crippen molar-refractivity contribution >= 4 is 5.91 Å². The minimum Gasteiger partial charge on any atom is -0.439 e. The van der Waals surface area contributed by atoms with Gasteiger partial charge in [0.1, 0.15) is 18.4 Å². The maximum Gasteiger partial charge on any atom is 0.251 e. The maximum atomic E-state index is 12.4. The molecule has 0 atom stereocenters. The van der Waals surface area contributed by atoms with E-state index >= 15 is 0 Å². The van der Waals surface area contributed by atoms with E-state index in [1.54, 1.807) is 35.4 Å². The number of hydrogen-bond donors (Lipinski definition) is 1. The number of carbonyl (C=O) groups excluding carboxylic acids is 1. The molecule has 7 heteroatoms. The molecule has 30 heavy (non-hydrogen) atoms. The molecule has 2 heterocycles. The van der Waals surface area contributed by atoms with E-state index in [0.29, 0.717) is 18.0 Å². The lowest BCUT2D eigenvalue weighted by molar-refractivity contribution is 0.0951. The number of amides is 1. The highest BCUT2D eigenvalue weighted by molar-refractivity contribution is 5.94. The van der Waals surface area contributed by atoms with Crippen LogP contribution in [0.4, 0.5) is 0 Å². The van der Waals surface area contributed by atoms with Crippen molar-refractivity contribution in [1.82, 2.24) is 25.1 Å². The molecule has 0 unspecified atom stereocenters. The van der Waals surface area contributed by atoms with E-state index in [0.717, 1.165) is 28.1 Å². The standard InChI is InChI=1S/C23H21N5O2/c1-16-3-4-17(2)21(11-16)30-22-10-5-18(12-25-22)13-26-23(29)19-6-8-20(9-7-19)28-15-24-14-27-28/h3-12,14-15H,13H2,1-2H3,(H,26,29). The molecule has 0 radical (unpaired) electrons. The van der Waals surface area contributed by atoms with Crippen LogP contribution in [0.25, 0.3) is 5.69 Å². The highest BCUT2D eigenvalue weighted by Crippen LogP contribution is 2.24. The van der Waals surface area contributed by atoms with Gasteiger partial charge in [0.05, 0.1) is 5.69 Å². The molecule has 0 saturated carbocycles. The van der Waals surface area contributed by atoms with Crippen LogP contribution in [0.1, 0.15) is 27.0 Å². The quantitative estimate of drug-likeness (QED) is 0.530. The van der Waals surface area contributed by atoms with Gasteiger partial charge < -0.3 is 10.1 Å². The lowest BCUT2D eigenvalue weighted by atomic mass is 10.1. The molecule has 4 rings (SSSR count). The van der Waals surface area contributed by atoms with Gasteiger partial charge in [-0.25, -0.2) is 14.6 Å². The van der Waals surface area contributed by atoms with E-state index < -0.39 is 0 Å². The summed E-state index contributed by atoms with van der Waals surface area (Å²) in [5.41, 5.74) is 4.48. The lowest BCUT2D eigenvalue weighted by Crippen LogP contribution is -2.22. The van der Waals surface area contributed by atoms with Gasteiger partial charge in [0.15, 0.2) is 0 Å². The molecule has 2 aromatic carbocycles. The molecule has 7 nitrogen and oxygen atoms in total. The average molecular weight is 399 g/mol. The lowest BCUT2D eigenvalue weighted by Gasteiger charge is -2.10. The summed E-state index contributed by atoms with van der Waals surface area (Å²) in [6.07, 6.45) is 4.78. The molecule has 1 amide bonds.